The van der Waals surface area contributed by atoms with Gasteiger partial charge in [0.05, 0.1) is 24.3 Å². The van der Waals surface area contributed by atoms with Crippen LogP contribution in [0.5, 0.6) is 0 Å². The number of fused-ring (bicyclic) bond motifs is 2. The lowest BCUT2D eigenvalue weighted by Gasteiger charge is -2.32. The van der Waals surface area contributed by atoms with Crippen LogP contribution in [0.15, 0.2) is 46.9 Å². The minimum absolute atomic E-state index is 0.0218. The Hall–Kier alpha value is -2.08. The van der Waals surface area contributed by atoms with Gasteiger partial charge in [0, 0.05) is 40.3 Å². The lowest BCUT2D eigenvalue weighted by atomic mass is 9.82. The number of amides is 2. The number of rotatable bonds is 7. The van der Waals surface area contributed by atoms with Gasteiger partial charge in [-0.1, -0.05) is 35.0 Å². The van der Waals surface area contributed by atoms with Gasteiger partial charge in [-0.3, -0.25) is 9.59 Å². The maximum atomic E-state index is 14.3. The molecule has 2 aromatic rings. The molecule has 3 aliphatic heterocycles. The molecule has 1 spiro atoms. The summed E-state index contributed by atoms with van der Waals surface area (Å²) in [5, 5.41) is 16.0. The van der Waals surface area contributed by atoms with Crippen molar-refractivity contribution in [2.75, 3.05) is 29.9 Å². The Morgan fingerprint density at radius 1 is 1.26 bits per heavy atom. The van der Waals surface area contributed by atoms with Crippen LogP contribution in [0.25, 0.3) is 0 Å². The number of anilines is 2. The molecule has 2 saturated heterocycles. The molecule has 8 nitrogen and oxygen atoms in total. The third kappa shape index (κ3) is 5.23. The number of hydrogen-bond acceptors (Lipinski definition) is 6. The van der Waals surface area contributed by atoms with Gasteiger partial charge < -0.3 is 30.2 Å². The first-order valence-electron chi connectivity index (χ1n) is 13.8. The van der Waals surface area contributed by atoms with Crippen LogP contribution in [0.1, 0.15) is 37.3 Å². The van der Waals surface area contributed by atoms with Gasteiger partial charge in [0.1, 0.15) is 0 Å². The highest BCUT2D eigenvalue weighted by Gasteiger charge is 2.66. The SMILES string of the molecule is C[C@@H]1[C@@H]([Si](C)(C)O)[C@H](CCO)O[C@@]12C(=O)N(Cc1ccc(NC(=O)C3CCCNC3)cc1)c1ccc(Br)cc12. The monoisotopic (exact) mass is 615 g/mol. The van der Waals surface area contributed by atoms with Gasteiger partial charge in [-0.15, -0.1) is 0 Å². The zero-order chi connectivity index (χ0) is 27.9. The van der Waals surface area contributed by atoms with E-state index in [1.54, 1.807) is 4.90 Å². The summed E-state index contributed by atoms with van der Waals surface area (Å²) in [5.74, 6) is -0.403. The van der Waals surface area contributed by atoms with Gasteiger partial charge in [0.25, 0.3) is 5.91 Å². The number of benzene rings is 2. The van der Waals surface area contributed by atoms with E-state index in [1.807, 2.05) is 62.5 Å². The van der Waals surface area contributed by atoms with E-state index in [9.17, 15) is 19.5 Å². The van der Waals surface area contributed by atoms with Crippen molar-refractivity contribution in [3.8, 4) is 0 Å². The number of nitrogens with zero attached hydrogens (tertiary/aromatic N) is 1. The van der Waals surface area contributed by atoms with Crippen molar-refractivity contribution in [2.45, 2.75) is 63.1 Å². The van der Waals surface area contributed by atoms with Gasteiger partial charge in [0.15, 0.2) is 13.9 Å². The normalized spacial score (nSPS) is 28.7. The highest BCUT2D eigenvalue weighted by Crippen LogP contribution is 2.60. The van der Waals surface area contributed by atoms with Crippen molar-refractivity contribution in [1.82, 2.24) is 5.32 Å². The van der Waals surface area contributed by atoms with Gasteiger partial charge in [-0.05, 0) is 74.8 Å². The maximum Gasteiger partial charge on any atom is 0.264 e. The van der Waals surface area contributed by atoms with E-state index in [1.165, 1.54) is 0 Å². The van der Waals surface area contributed by atoms with E-state index in [2.05, 4.69) is 26.6 Å². The molecule has 0 saturated carbocycles. The fourth-order valence-corrected chi connectivity index (χ4v) is 9.76. The number of nitrogens with one attached hydrogen (secondary N) is 2. The molecule has 10 heteroatoms. The molecule has 2 amide bonds. The first kappa shape index (κ1) is 28.4. The molecular weight excluding hydrogens is 578 g/mol. The Labute approximate surface area is 239 Å². The van der Waals surface area contributed by atoms with Crippen molar-refractivity contribution in [3.05, 3.63) is 58.1 Å². The average Bonchev–Trinajstić information content (AvgIpc) is 3.32. The molecule has 0 aromatic heterocycles. The Morgan fingerprint density at radius 2 is 2.00 bits per heavy atom. The van der Waals surface area contributed by atoms with Crippen molar-refractivity contribution in [2.24, 2.45) is 11.8 Å². The lowest BCUT2D eigenvalue weighted by Crippen LogP contribution is -2.46. The third-order valence-electron chi connectivity index (χ3n) is 8.59. The van der Waals surface area contributed by atoms with E-state index in [4.69, 9.17) is 4.74 Å². The number of carbonyl (C=O) groups excluding carboxylic acids is 2. The van der Waals surface area contributed by atoms with Gasteiger partial charge >= 0.3 is 0 Å². The van der Waals surface area contributed by atoms with Crippen LogP contribution >= 0.6 is 15.9 Å². The van der Waals surface area contributed by atoms with Crippen LogP contribution < -0.4 is 15.5 Å². The smallest absolute Gasteiger partial charge is 0.264 e. The number of halogens is 1. The highest BCUT2D eigenvalue weighted by atomic mass is 79.9. The number of aliphatic hydroxyl groups is 1. The van der Waals surface area contributed by atoms with Crippen LogP contribution in [0, 0.1) is 11.8 Å². The molecule has 2 aromatic carbocycles. The molecule has 0 aliphatic carbocycles. The van der Waals surface area contributed by atoms with Gasteiger partial charge in [-0.25, -0.2) is 0 Å². The second-order valence-corrected chi connectivity index (χ2v) is 16.5. The quantitative estimate of drug-likeness (QED) is 0.349. The Morgan fingerprint density at radius 3 is 2.64 bits per heavy atom. The standard InChI is InChI=1S/C29H38BrN3O5Si/c1-18-26(39(2,3)37)25(12-14-34)38-29(18)23-15-21(30)8-11-24(23)33(28(29)36)17-19-6-9-22(10-7-19)32-27(35)20-5-4-13-31-16-20/h6-11,15,18,20,25-26,31,34,37H,4-5,12-14,16-17H2,1-3H3,(H,32,35)/t18-,20?,25+,26-,29+/m1/s1. The van der Waals surface area contributed by atoms with Crippen molar-refractivity contribution in [3.63, 3.8) is 0 Å². The van der Waals surface area contributed by atoms with Gasteiger partial charge in [0.2, 0.25) is 5.91 Å². The molecule has 1 unspecified atom stereocenters. The predicted molar refractivity (Wildman–Crippen MR) is 157 cm³/mol. The number of carbonyl (C=O) groups is 2. The average molecular weight is 617 g/mol. The van der Waals surface area contributed by atoms with Crippen LogP contribution in [0.3, 0.4) is 0 Å². The van der Waals surface area contributed by atoms with E-state index in [-0.39, 0.29) is 35.8 Å². The van der Waals surface area contributed by atoms with Crippen LogP contribution in [-0.4, -0.2) is 55.8 Å². The first-order valence-corrected chi connectivity index (χ1v) is 17.6. The molecule has 5 atom stereocenters. The largest absolute Gasteiger partial charge is 0.432 e. The molecule has 39 heavy (non-hydrogen) atoms. The van der Waals surface area contributed by atoms with E-state index < -0.39 is 20.0 Å². The van der Waals surface area contributed by atoms with Crippen LogP contribution in [0.4, 0.5) is 11.4 Å². The molecule has 0 radical (unpaired) electrons. The number of piperidine rings is 1. The fourth-order valence-electron chi connectivity index (χ4n) is 6.80. The minimum atomic E-state index is -2.73. The molecular formula is C29H38BrN3O5Si. The van der Waals surface area contributed by atoms with E-state index in [0.29, 0.717) is 19.5 Å². The molecule has 4 N–H and O–H groups in total. The van der Waals surface area contributed by atoms with Crippen molar-refractivity contribution >= 4 is 47.4 Å². The van der Waals surface area contributed by atoms with E-state index in [0.717, 1.165) is 46.4 Å². The van der Waals surface area contributed by atoms with Crippen molar-refractivity contribution in [1.29, 1.82) is 0 Å². The summed E-state index contributed by atoms with van der Waals surface area (Å²) in [7, 11) is -2.73. The summed E-state index contributed by atoms with van der Waals surface area (Å²) in [5.41, 5.74) is 1.82. The molecule has 0 bridgehead atoms. The van der Waals surface area contributed by atoms with Crippen LogP contribution in [-0.2, 0) is 26.5 Å². The third-order valence-corrected chi connectivity index (χ3v) is 11.6. The zero-order valence-electron chi connectivity index (χ0n) is 22.7. The lowest BCUT2D eigenvalue weighted by molar-refractivity contribution is -0.146. The summed E-state index contributed by atoms with van der Waals surface area (Å²) in [6.07, 6.45) is 1.85. The fraction of sp³-hybridized carbons (Fsp3) is 0.517. The Balaban J connectivity index is 1.41. The Kier molecular flexibility index (Phi) is 8.07. The molecule has 2 fully saturated rings. The highest BCUT2D eigenvalue weighted by molar-refractivity contribution is 9.10. The number of ether oxygens (including phenoxy) is 1. The summed E-state index contributed by atoms with van der Waals surface area (Å²) >= 11 is 3.57. The summed E-state index contributed by atoms with van der Waals surface area (Å²) in [4.78, 5) is 39.9. The predicted octanol–water partition coefficient (Wildman–Crippen LogP) is 4.11. The maximum absolute atomic E-state index is 14.3. The molecule has 3 aliphatic rings. The molecule has 210 valence electrons. The second kappa shape index (κ2) is 11.1. The number of aliphatic hydroxyl groups excluding tert-OH is 1. The second-order valence-electron chi connectivity index (χ2n) is 11.7. The summed E-state index contributed by atoms with van der Waals surface area (Å²) < 4.78 is 7.48. The van der Waals surface area contributed by atoms with Crippen molar-refractivity contribution < 1.29 is 24.2 Å². The first-order chi connectivity index (χ1) is 18.6. The summed E-state index contributed by atoms with van der Waals surface area (Å²) in [6.45, 7) is 7.70. The molecule has 3 heterocycles. The zero-order valence-corrected chi connectivity index (χ0v) is 25.3. The van der Waals surface area contributed by atoms with Crippen LogP contribution in [0.2, 0.25) is 18.6 Å². The summed E-state index contributed by atoms with van der Waals surface area (Å²) in [6, 6.07) is 13.4. The number of hydrogen-bond donors (Lipinski definition) is 4. The Bertz CT molecular complexity index is 1230. The topological polar surface area (TPSA) is 111 Å². The minimum Gasteiger partial charge on any atom is -0.432 e. The molecule has 5 rings (SSSR count). The van der Waals surface area contributed by atoms with E-state index >= 15 is 0 Å². The van der Waals surface area contributed by atoms with Gasteiger partial charge in [-0.2, -0.15) is 0 Å².